The van der Waals surface area contributed by atoms with Crippen molar-refractivity contribution in [2.24, 2.45) is 10.7 Å². The number of nitrogens with two attached hydrogens (primary N) is 1. The highest BCUT2D eigenvalue weighted by Crippen LogP contribution is 2.18. The first-order valence-electron chi connectivity index (χ1n) is 5.24. The first kappa shape index (κ1) is 15.8. The van der Waals surface area contributed by atoms with Gasteiger partial charge in [0, 0.05) is 5.69 Å². The van der Waals surface area contributed by atoms with Crippen molar-refractivity contribution >= 4 is 35.6 Å². The van der Waals surface area contributed by atoms with Crippen LogP contribution in [0.2, 0.25) is 0 Å². The zero-order valence-corrected chi connectivity index (χ0v) is 12.4. The lowest BCUT2D eigenvalue weighted by Gasteiger charge is -2.09. The number of rotatable bonds is 3. The van der Waals surface area contributed by atoms with Crippen LogP contribution in [0.25, 0.3) is 0 Å². The molecule has 3 nitrogen and oxygen atoms in total. The Morgan fingerprint density at radius 1 is 1.53 bits per heavy atom. The van der Waals surface area contributed by atoms with Gasteiger partial charge < -0.3 is 11.1 Å². The maximum atomic E-state index is 5.66. The summed E-state index contributed by atoms with van der Waals surface area (Å²) in [6.07, 6.45) is 5.09. The summed E-state index contributed by atoms with van der Waals surface area (Å²) in [6, 6.07) is 8.09. The van der Waals surface area contributed by atoms with Gasteiger partial charge in [-0.05, 0) is 23.6 Å². The monoisotopic (exact) mass is 343 g/mol. The zero-order chi connectivity index (χ0) is 12.0. The molecule has 0 unspecified atom stereocenters. The van der Waals surface area contributed by atoms with E-state index < -0.39 is 0 Å². The molecule has 0 saturated carbocycles. The van der Waals surface area contributed by atoms with Gasteiger partial charge >= 0.3 is 0 Å². The molecule has 4 heteroatoms. The minimum Gasteiger partial charge on any atom is -0.370 e. The van der Waals surface area contributed by atoms with Crippen LogP contribution in [0.3, 0.4) is 0 Å². The van der Waals surface area contributed by atoms with Gasteiger partial charge in [-0.15, -0.1) is 30.4 Å². The average molecular weight is 343 g/mol. The Morgan fingerprint density at radius 2 is 2.24 bits per heavy atom. The smallest absolute Gasteiger partial charge is 0.194 e. The number of anilines is 1. The van der Waals surface area contributed by atoms with Crippen LogP contribution >= 0.6 is 24.0 Å². The van der Waals surface area contributed by atoms with Crippen LogP contribution in [0.15, 0.2) is 29.3 Å². The predicted molar refractivity (Wildman–Crippen MR) is 84.9 cm³/mol. The van der Waals surface area contributed by atoms with E-state index >= 15 is 0 Å². The summed E-state index contributed by atoms with van der Waals surface area (Å²) >= 11 is 0. The summed E-state index contributed by atoms with van der Waals surface area (Å²) in [5, 5.41) is 3.00. The largest absolute Gasteiger partial charge is 0.370 e. The molecule has 0 atom stereocenters. The second-order valence-corrected chi connectivity index (χ2v) is 3.81. The summed E-state index contributed by atoms with van der Waals surface area (Å²) in [5.74, 6) is 3.24. The van der Waals surface area contributed by atoms with Crippen LogP contribution in [0.5, 0.6) is 0 Å². The number of hydrogen-bond acceptors (Lipinski definition) is 1. The SMILES string of the molecule is C#CCN=C(N)Nc1cccc(C(C)C)c1.I. The maximum Gasteiger partial charge on any atom is 0.194 e. The molecule has 0 spiro atoms. The molecule has 0 fully saturated rings. The number of hydrogen-bond donors (Lipinski definition) is 2. The van der Waals surface area contributed by atoms with Gasteiger partial charge in [0.25, 0.3) is 0 Å². The standard InChI is InChI=1S/C13H17N3.HI/c1-4-8-15-13(14)16-12-7-5-6-11(9-12)10(2)3;/h1,5-7,9-10H,8H2,2-3H3,(H3,14,15,16);1H. The molecular weight excluding hydrogens is 325 g/mol. The van der Waals surface area contributed by atoms with E-state index in [1.54, 1.807) is 0 Å². The van der Waals surface area contributed by atoms with Crippen molar-refractivity contribution in [3.8, 4) is 12.3 Å². The summed E-state index contributed by atoms with van der Waals surface area (Å²) in [6.45, 7) is 4.59. The third kappa shape index (κ3) is 5.59. The van der Waals surface area contributed by atoms with Gasteiger partial charge in [-0.2, -0.15) is 0 Å². The molecule has 0 heterocycles. The van der Waals surface area contributed by atoms with Gasteiger partial charge in [0.15, 0.2) is 5.96 Å². The fourth-order valence-corrected chi connectivity index (χ4v) is 1.29. The van der Waals surface area contributed by atoms with Crippen molar-refractivity contribution in [3.05, 3.63) is 29.8 Å². The van der Waals surface area contributed by atoms with Crippen molar-refractivity contribution in [1.82, 2.24) is 0 Å². The molecule has 0 bridgehead atoms. The summed E-state index contributed by atoms with van der Waals surface area (Å²) in [4.78, 5) is 3.96. The van der Waals surface area contributed by atoms with E-state index in [4.69, 9.17) is 12.2 Å². The van der Waals surface area contributed by atoms with Crippen molar-refractivity contribution in [2.75, 3.05) is 11.9 Å². The van der Waals surface area contributed by atoms with E-state index in [2.05, 4.69) is 42.2 Å². The normalized spacial score (nSPS) is 10.6. The lowest BCUT2D eigenvalue weighted by Crippen LogP contribution is -2.22. The van der Waals surface area contributed by atoms with Crippen molar-refractivity contribution < 1.29 is 0 Å². The molecule has 0 aliphatic carbocycles. The van der Waals surface area contributed by atoms with Gasteiger partial charge in [0.05, 0.1) is 0 Å². The number of nitrogens with zero attached hydrogens (tertiary/aromatic N) is 1. The lowest BCUT2D eigenvalue weighted by atomic mass is 10.0. The molecule has 0 aromatic heterocycles. The number of terminal acetylenes is 1. The number of benzene rings is 1. The van der Waals surface area contributed by atoms with E-state index in [1.807, 2.05) is 12.1 Å². The van der Waals surface area contributed by atoms with Crippen LogP contribution < -0.4 is 11.1 Å². The summed E-state index contributed by atoms with van der Waals surface area (Å²) in [5.41, 5.74) is 7.86. The molecule has 0 aliphatic heterocycles. The van der Waals surface area contributed by atoms with Gasteiger partial charge in [-0.1, -0.05) is 31.9 Å². The minimum absolute atomic E-state index is 0. The fraction of sp³-hybridized carbons (Fsp3) is 0.308. The van der Waals surface area contributed by atoms with Crippen LogP contribution in [-0.4, -0.2) is 12.5 Å². The van der Waals surface area contributed by atoms with E-state index in [1.165, 1.54) is 5.56 Å². The third-order valence-electron chi connectivity index (χ3n) is 2.17. The number of nitrogens with one attached hydrogen (secondary N) is 1. The fourth-order valence-electron chi connectivity index (χ4n) is 1.29. The predicted octanol–water partition coefficient (Wildman–Crippen LogP) is 2.79. The second kappa shape index (κ2) is 7.96. The van der Waals surface area contributed by atoms with Crippen molar-refractivity contribution in [1.29, 1.82) is 0 Å². The van der Waals surface area contributed by atoms with E-state index in [0.717, 1.165) is 5.69 Å². The molecule has 0 saturated heterocycles. The molecule has 92 valence electrons. The molecule has 3 N–H and O–H groups in total. The molecule has 1 aromatic rings. The minimum atomic E-state index is 0. The van der Waals surface area contributed by atoms with Gasteiger partial charge in [0.1, 0.15) is 6.54 Å². The molecular formula is C13H18IN3. The Morgan fingerprint density at radius 3 is 2.82 bits per heavy atom. The lowest BCUT2D eigenvalue weighted by molar-refractivity contribution is 0.867. The average Bonchev–Trinajstić information content (AvgIpc) is 2.26. The van der Waals surface area contributed by atoms with Crippen molar-refractivity contribution in [2.45, 2.75) is 19.8 Å². The van der Waals surface area contributed by atoms with Gasteiger partial charge in [0.2, 0.25) is 0 Å². The molecule has 17 heavy (non-hydrogen) atoms. The Balaban J connectivity index is 0.00000256. The van der Waals surface area contributed by atoms with E-state index in [-0.39, 0.29) is 24.0 Å². The van der Waals surface area contributed by atoms with E-state index in [0.29, 0.717) is 18.4 Å². The third-order valence-corrected chi connectivity index (χ3v) is 2.17. The molecule has 1 rings (SSSR count). The van der Waals surface area contributed by atoms with Crippen LogP contribution in [0.4, 0.5) is 5.69 Å². The molecule has 0 amide bonds. The van der Waals surface area contributed by atoms with E-state index in [9.17, 15) is 0 Å². The Hall–Kier alpha value is -1.22. The maximum absolute atomic E-state index is 5.66. The second-order valence-electron chi connectivity index (χ2n) is 3.81. The molecule has 1 aromatic carbocycles. The number of halogens is 1. The first-order valence-corrected chi connectivity index (χ1v) is 5.24. The van der Waals surface area contributed by atoms with Crippen LogP contribution in [0.1, 0.15) is 25.3 Å². The Kier molecular flexibility index (Phi) is 7.39. The number of aliphatic imine (C=N–C) groups is 1. The zero-order valence-electron chi connectivity index (χ0n) is 10.1. The van der Waals surface area contributed by atoms with Crippen molar-refractivity contribution in [3.63, 3.8) is 0 Å². The highest BCUT2D eigenvalue weighted by Gasteiger charge is 2.00. The highest BCUT2D eigenvalue weighted by atomic mass is 127. The topological polar surface area (TPSA) is 50.4 Å². The quantitative estimate of drug-likeness (QED) is 0.384. The Bertz CT molecular complexity index is 419. The van der Waals surface area contributed by atoms with Crippen LogP contribution in [0, 0.1) is 12.3 Å². The van der Waals surface area contributed by atoms with Crippen LogP contribution in [-0.2, 0) is 0 Å². The summed E-state index contributed by atoms with van der Waals surface area (Å²) < 4.78 is 0. The molecule has 0 radical (unpaired) electrons. The number of guanidine groups is 1. The Labute approximate surface area is 120 Å². The van der Waals surface area contributed by atoms with Gasteiger partial charge in [-0.3, -0.25) is 0 Å². The summed E-state index contributed by atoms with van der Waals surface area (Å²) in [7, 11) is 0. The molecule has 0 aliphatic rings. The first-order chi connectivity index (χ1) is 7.63. The highest BCUT2D eigenvalue weighted by molar-refractivity contribution is 14.0. The van der Waals surface area contributed by atoms with Gasteiger partial charge in [-0.25, -0.2) is 4.99 Å².